The van der Waals surface area contributed by atoms with Gasteiger partial charge in [-0.05, 0) is 62.0 Å². The van der Waals surface area contributed by atoms with E-state index in [1.807, 2.05) is 0 Å². The Balaban J connectivity index is 1.48. The molecular weight excluding hydrogens is 589 g/mol. The third-order valence-corrected chi connectivity index (χ3v) is 25.6. The average molecular weight is 643 g/mol. The van der Waals surface area contributed by atoms with Crippen molar-refractivity contribution >= 4 is 38.5 Å². The van der Waals surface area contributed by atoms with Crippen LogP contribution in [0.25, 0.3) is 0 Å². The van der Waals surface area contributed by atoms with Crippen LogP contribution < -0.4 is 5.19 Å². The zero-order valence-corrected chi connectivity index (χ0v) is 30.3. The maximum Gasteiger partial charge on any atom is 0.349 e. The van der Waals surface area contributed by atoms with E-state index in [0.717, 1.165) is 69.9 Å². The smallest absolute Gasteiger partial charge is 0.349 e. The molecule has 0 radical (unpaired) electrons. The maximum atomic E-state index is 7.55. The van der Waals surface area contributed by atoms with E-state index in [0.29, 0.717) is 32.0 Å². The molecule has 0 aliphatic carbocycles. The first kappa shape index (κ1) is 33.7. The molecule has 3 saturated heterocycles. The SMILES string of the molecule is C[Si](C)(COCC1CO1)C[Si](O[Si](C)(C)CCCOCC1CO1)(O[Si](C)(C)CCCOCC1CO1)c1ccccc1. The van der Waals surface area contributed by atoms with Gasteiger partial charge in [0.1, 0.15) is 18.3 Å². The predicted molar refractivity (Wildman–Crippen MR) is 172 cm³/mol. The standard InChI is InChI=1S/C29H54O8Si4/c1-38(2,24-32-20-28-23-35-28)25-41(29-12-8-7-9-13-29,36-39(3,4)16-10-14-30-18-26-21-33-26)37-40(5,6)17-11-15-31-19-27-22-34-27/h7-9,12-13,26-28H,10-11,14-25H2,1-6H3. The van der Waals surface area contributed by atoms with Gasteiger partial charge in [0, 0.05) is 19.4 Å². The molecule has 234 valence electrons. The average Bonchev–Trinajstić information content (AvgIpc) is 3.72. The van der Waals surface area contributed by atoms with Gasteiger partial charge < -0.3 is 36.7 Å². The monoisotopic (exact) mass is 642 g/mol. The Kier molecular flexibility index (Phi) is 12.5. The molecule has 8 nitrogen and oxygen atoms in total. The number of benzene rings is 1. The lowest BCUT2D eigenvalue weighted by molar-refractivity contribution is 0.116. The largest absolute Gasteiger partial charge is 0.433 e. The van der Waals surface area contributed by atoms with Crippen LogP contribution in [0.3, 0.4) is 0 Å². The van der Waals surface area contributed by atoms with Crippen molar-refractivity contribution in [1.29, 1.82) is 0 Å². The van der Waals surface area contributed by atoms with Gasteiger partial charge in [-0.2, -0.15) is 0 Å². The van der Waals surface area contributed by atoms with E-state index in [1.54, 1.807) is 0 Å². The Labute approximate surface area is 252 Å². The molecule has 4 rings (SSSR count). The van der Waals surface area contributed by atoms with Gasteiger partial charge in [-0.1, -0.05) is 43.4 Å². The van der Waals surface area contributed by atoms with Gasteiger partial charge in [0.25, 0.3) is 0 Å². The number of rotatable bonds is 23. The number of epoxide rings is 3. The van der Waals surface area contributed by atoms with Crippen LogP contribution >= 0.6 is 0 Å². The molecule has 3 unspecified atom stereocenters. The summed E-state index contributed by atoms with van der Waals surface area (Å²) in [6.45, 7) is 20.4. The van der Waals surface area contributed by atoms with Crippen LogP contribution in [-0.4, -0.2) is 111 Å². The maximum absolute atomic E-state index is 7.55. The topological polar surface area (TPSA) is 83.7 Å². The van der Waals surface area contributed by atoms with E-state index in [9.17, 15) is 0 Å². The molecule has 3 fully saturated rings. The van der Waals surface area contributed by atoms with E-state index in [1.165, 1.54) is 5.19 Å². The summed E-state index contributed by atoms with van der Waals surface area (Å²) >= 11 is 0. The third kappa shape index (κ3) is 13.1. The second kappa shape index (κ2) is 15.2. The first-order valence-electron chi connectivity index (χ1n) is 15.5. The Hall–Kier alpha value is -0.232. The van der Waals surface area contributed by atoms with Crippen molar-refractivity contribution in [2.45, 2.75) is 88.2 Å². The molecule has 12 heteroatoms. The second-order valence-corrected chi connectivity index (χ2v) is 31.7. The van der Waals surface area contributed by atoms with Crippen LogP contribution in [0.1, 0.15) is 12.8 Å². The first-order chi connectivity index (χ1) is 19.5. The van der Waals surface area contributed by atoms with E-state index in [4.69, 9.17) is 36.7 Å². The van der Waals surface area contributed by atoms with E-state index in [-0.39, 0.29) is 6.10 Å². The Morgan fingerprint density at radius 2 is 1.10 bits per heavy atom. The molecule has 0 saturated carbocycles. The number of hydrogen-bond acceptors (Lipinski definition) is 8. The van der Waals surface area contributed by atoms with Gasteiger partial charge in [-0.15, -0.1) is 0 Å². The van der Waals surface area contributed by atoms with Crippen LogP contribution in [0.5, 0.6) is 0 Å². The minimum Gasteiger partial charge on any atom is -0.433 e. The second-order valence-electron chi connectivity index (χ2n) is 13.9. The minimum atomic E-state index is -2.84. The van der Waals surface area contributed by atoms with Crippen molar-refractivity contribution in [1.82, 2.24) is 0 Å². The zero-order valence-electron chi connectivity index (χ0n) is 26.3. The predicted octanol–water partition coefficient (Wildman–Crippen LogP) is 4.59. The molecule has 3 atom stereocenters. The lowest BCUT2D eigenvalue weighted by Crippen LogP contribution is -2.66. The fourth-order valence-corrected chi connectivity index (χ4v) is 26.2. The van der Waals surface area contributed by atoms with Crippen LogP contribution in [0, 0.1) is 0 Å². The van der Waals surface area contributed by atoms with E-state index >= 15 is 0 Å². The van der Waals surface area contributed by atoms with Gasteiger partial charge in [0.15, 0.2) is 16.6 Å². The molecule has 0 N–H and O–H groups in total. The highest BCUT2D eigenvalue weighted by atomic mass is 28.5. The van der Waals surface area contributed by atoms with E-state index < -0.39 is 33.3 Å². The van der Waals surface area contributed by atoms with Crippen molar-refractivity contribution in [2.24, 2.45) is 0 Å². The fourth-order valence-electron chi connectivity index (χ4n) is 5.27. The number of ether oxygens (including phenoxy) is 6. The summed E-state index contributed by atoms with van der Waals surface area (Å²) < 4.78 is 49.0. The van der Waals surface area contributed by atoms with Crippen molar-refractivity contribution in [3.05, 3.63) is 30.3 Å². The van der Waals surface area contributed by atoms with Gasteiger partial charge in [0.05, 0.1) is 47.7 Å². The summed E-state index contributed by atoms with van der Waals surface area (Å²) in [4.78, 5) is 0. The lowest BCUT2D eigenvalue weighted by atomic mass is 10.4. The van der Waals surface area contributed by atoms with Gasteiger partial charge in [-0.3, -0.25) is 0 Å². The molecule has 41 heavy (non-hydrogen) atoms. The molecule has 0 amide bonds. The van der Waals surface area contributed by atoms with Crippen LogP contribution in [0.4, 0.5) is 0 Å². The summed E-state index contributed by atoms with van der Waals surface area (Å²) in [6, 6.07) is 13.0. The normalized spacial score (nSPS) is 23.8. The summed E-state index contributed by atoms with van der Waals surface area (Å²) in [5.74, 6) is 0. The number of hydrogen-bond donors (Lipinski definition) is 0. The zero-order chi connectivity index (χ0) is 29.4. The van der Waals surface area contributed by atoms with Gasteiger partial charge in [0.2, 0.25) is 0 Å². The molecular formula is C29H54O8Si4. The molecule has 0 bridgehead atoms. The van der Waals surface area contributed by atoms with Gasteiger partial charge in [-0.25, -0.2) is 0 Å². The molecule has 3 aliphatic heterocycles. The quantitative estimate of drug-likeness (QED) is 0.0974. The molecule has 3 aliphatic rings. The van der Waals surface area contributed by atoms with Crippen molar-refractivity contribution in [2.75, 3.05) is 59.1 Å². The Bertz CT molecular complexity index is 871. The van der Waals surface area contributed by atoms with Gasteiger partial charge >= 0.3 is 8.56 Å². The third-order valence-electron chi connectivity index (χ3n) is 7.55. The molecule has 3 heterocycles. The fraction of sp³-hybridized carbons (Fsp3) is 0.793. The highest BCUT2D eigenvalue weighted by Gasteiger charge is 2.51. The van der Waals surface area contributed by atoms with Crippen LogP contribution in [-0.2, 0) is 36.7 Å². The molecule has 1 aromatic carbocycles. The summed E-state index contributed by atoms with van der Waals surface area (Å²) in [7, 11) is -8.90. The summed E-state index contributed by atoms with van der Waals surface area (Å²) in [5, 5.41) is 1.26. The Morgan fingerprint density at radius 3 is 1.54 bits per heavy atom. The van der Waals surface area contributed by atoms with Crippen LogP contribution in [0.15, 0.2) is 30.3 Å². The van der Waals surface area contributed by atoms with Crippen LogP contribution in [0.2, 0.25) is 57.0 Å². The van der Waals surface area contributed by atoms with Crippen molar-refractivity contribution < 1.29 is 36.7 Å². The molecule has 0 spiro atoms. The first-order valence-corrected chi connectivity index (χ1v) is 27.2. The van der Waals surface area contributed by atoms with Crippen molar-refractivity contribution in [3.8, 4) is 0 Å². The van der Waals surface area contributed by atoms with E-state index in [2.05, 4.69) is 69.6 Å². The Morgan fingerprint density at radius 1 is 0.659 bits per heavy atom. The summed E-state index contributed by atoms with van der Waals surface area (Å²) in [5.41, 5.74) is 0.980. The molecule has 0 aromatic heterocycles. The lowest BCUT2D eigenvalue weighted by Gasteiger charge is -2.45. The minimum absolute atomic E-state index is 0.281. The van der Waals surface area contributed by atoms with Crippen molar-refractivity contribution in [3.63, 3.8) is 0 Å². The molecule has 1 aromatic rings. The highest BCUT2D eigenvalue weighted by Crippen LogP contribution is 2.32. The highest BCUT2D eigenvalue weighted by molar-refractivity contribution is 7.03. The summed E-state index contributed by atoms with van der Waals surface area (Å²) in [6.07, 6.45) is 3.69.